The Labute approximate surface area is 159 Å². The molecule has 1 aromatic carbocycles. The van der Waals surface area contributed by atoms with Crippen LogP contribution in [0.15, 0.2) is 30.3 Å². The fourth-order valence-corrected chi connectivity index (χ4v) is 15.7. The summed E-state index contributed by atoms with van der Waals surface area (Å²) in [4.78, 5) is 0. The Morgan fingerprint density at radius 1 is 0.640 bits per heavy atom. The van der Waals surface area contributed by atoms with Crippen LogP contribution in [0.4, 0.5) is 0 Å². The maximum atomic E-state index is 6.75. The van der Waals surface area contributed by atoms with Gasteiger partial charge in [-0.2, -0.15) is 0 Å². The first-order valence-corrected chi connectivity index (χ1v) is 20.9. The molecule has 1 rings (SSSR count). The van der Waals surface area contributed by atoms with Crippen LogP contribution in [-0.2, 0) is 12.3 Å². The Morgan fingerprint density at radius 3 is 1.28 bits per heavy atom. The summed E-state index contributed by atoms with van der Waals surface area (Å²) in [6.07, 6.45) is 4.15. The van der Waals surface area contributed by atoms with E-state index in [4.69, 9.17) is 12.3 Å². The first kappa shape index (κ1) is 22.7. The molecule has 25 heavy (non-hydrogen) atoms. The molecular weight excluding hydrogens is 377 g/mol. The topological polar surface area (TPSA) is 27.7 Å². The fraction of sp³-hybridized carbons (Fsp3) is 0.556. The largest absolute Gasteiger partial charge is 0.505 e. The van der Waals surface area contributed by atoms with Crippen LogP contribution in [0.1, 0.15) is 12.5 Å². The van der Waals surface area contributed by atoms with Crippen molar-refractivity contribution in [2.45, 2.75) is 65.8 Å². The Hall–Kier alpha value is -0.292. The number of hydrogen-bond donors (Lipinski definition) is 0. The molecule has 0 atom stereocenters. The van der Waals surface area contributed by atoms with Gasteiger partial charge in [0, 0.05) is 5.19 Å². The predicted octanol–water partition coefficient (Wildman–Crippen LogP) is 5.42. The minimum atomic E-state index is -2.96. The third kappa shape index (κ3) is 8.29. The van der Waals surface area contributed by atoms with E-state index in [0.29, 0.717) is 0 Å². The number of rotatable bonds is 8. The van der Waals surface area contributed by atoms with Gasteiger partial charge in [0.25, 0.3) is 0 Å². The van der Waals surface area contributed by atoms with Gasteiger partial charge in [0.1, 0.15) is 0 Å². The standard InChI is InChI=1S/C18H36O3Si4/c1-11-12-17-13-15-18(16-14-17)25(19-22(2,3)4,20-23(5,6)7)21-24(8,9)10/h11-16H,1-10H3. The fourth-order valence-electron chi connectivity index (χ4n) is 2.44. The lowest BCUT2D eigenvalue weighted by atomic mass is 10.2. The Bertz CT molecular complexity index is 538. The van der Waals surface area contributed by atoms with Crippen molar-refractivity contribution in [2.75, 3.05) is 0 Å². The smallest absolute Gasteiger partial charge is 0.414 e. The molecule has 0 aliphatic heterocycles. The second kappa shape index (κ2) is 8.16. The molecule has 0 spiro atoms. The molecule has 0 fully saturated rings. The van der Waals surface area contributed by atoms with Gasteiger partial charge in [-0.3, -0.25) is 0 Å². The molecule has 0 aliphatic carbocycles. The van der Waals surface area contributed by atoms with E-state index in [1.54, 1.807) is 0 Å². The molecule has 0 aliphatic rings. The lowest BCUT2D eigenvalue weighted by molar-refractivity contribution is 0.273. The van der Waals surface area contributed by atoms with Crippen LogP contribution >= 0.6 is 0 Å². The van der Waals surface area contributed by atoms with E-state index in [9.17, 15) is 0 Å². The first-order chi connectivity index (χ1) is 11.2. The van der Waals surface area contributed by atoms with Gasteiger partial charge in [-0.15, -0.1) is 0 Å². The van der Waals surface area contributed by atoms with Crippen LogP contribution in [0.3, 0.4) is 0 Å². The summed E-state index contributed by atoms with van der Waals surface area (Å²) >= 11 is 0. The highest BCUT2D eigenvalue weighted by molar-refractivity contribution is 6.95. The van der Waals surface area contributed by atoms with Gasteiger partial charge in [-0.05, 0) is 71.4 Å². The van der Waals surface area contributed by atoms with Crippen LogP contribution < -0.4 is 5.19 Å². The molecule has 7 heteroatoms. The van der Waals surface area contributed by atoms with Crippen LogP contribution in [-0.4, -0.2) is 33.8 Å². The summed E-state index contributed by atoms with van der Waals surface area (Å²) in [5.74, 6) is 0. The average molecular weight is 413 g/mol. The van der Waals surface area contributed by atoms with Crippen molar-refractivity contribution in [3.8, 4) is 0 Å². The Balaban J connectivity index is 3.49. The maximum Gasteiger partial charge on any atom is 0.505 e. The van der Waals surface area contributed by atoms with E-state index >= 15 is 0 Å². The van der Waals surface area contributed by atoms with Gasteiger partial charge in [0.2, 0.25) is 0 Å². The lowest BCUT2D eigenvalue weighted by Gasteiger charge is -2.42. The molecule has 0 unspecified atom stereocenters. The highest BCUT2D eigenvalue weighted by Gasteiger charge is 2.51. The van der Waals surface area contributed by atoms with Crippen LogP contribution in [0.25, 0.3) is 6.08 Å². The second-order valence-electron chi connectivity index (χ2n) is 9.32. The molecule has 1 aromatic rings. The Kier molecular flexibility index (Phi) is 7.42. The normalized spacial score (nSPS) is 14.3. The minimum absolute atomic E-state index is 1.09. The zero-order chi connectivity index (χ0) is 19.5. The molecule has 0 N–H and O–H groups in total. The summed E-state index contributed by atoms with van der Waals surface area (Å²) in [6, 6.07) is 8.54. The van der Waals surface area contributed by atoms with Gasteiger partial charge in [-0.25, -0.2) is 0 Å². The van der Waals surface area contributed by atoms with E-state index in [0.717, 1.165) is 5.19 Å². The SMILES string of the molecule is CC=Cc1ccc([Si](O[Si](C)(C)C)(O[Si](C)(C)C)O[Si](C)(C)C)cc1. The molecule has 142 valence electrons. The molecule has 0 saturated carbocycles. The van der Waals surface area contributed by atoms with Gasteiger partial charge < -0.3 is 12.3 Å². The zero-order valence-electron chi connectivity index (χ0n) is 17.7. The van der Waals surface area contributed by atoms with E-state index in [-0.39, 0.29) is 0 Å². The Morgan fingerprint density at radius 2 is 1.00 bits per heavy atom. The molecule has 0 saturated heterocycles. The van der Waals surface area contributed by atoms with Crippen molar-refractivity contribution in [1.82, 2.24) is 0 Å². The molecule has 0 bridgehead atoms. The van der Waals surface area contributed by atoms with Gasteiger partial charge in [-0.1, -0.05) is 36.4 Å². The van der Waals surface area contributed by atoms with Crippen molar-refractivity contribution in [3.63, 3.8) is 0 Å². The monoisotopic (exact) mass is 412 g/mol. The van der Waals surface area contributed by atoms with E-state index in [2.05, 4.69) is 95.3 Å². The lowest BCUT2D eigenvalue weighted by Crippen LogP contribution is -2.67. The summed E-state index contributed by atoms with van der Waals surface area (Å²) in [5.41, 5.74) is 1.18. The van der Waals surface area contributed by atoms with Crippen molar-refractivity contribution in [3.05, 3.63) is 35.9 Å². The minimum Gasteiger partial charge on any atom is -0.414 e. The summed E-state index contributed by atoms with van der Waals surface area (Å²) in [6.45, 7) is 21.9. The van der Waals surface area contributed by atoms with Crippen LogP contribution in [0.2, 0.25) is 58.9 Å². The van der Waals surface area contributed by atoms with Crippen LogP contribution in [0.5, 0.6) is 0 Å². The maximum absolute atomic E-state index is 6.75. The van der Waals surface area contributed by atoms with Crippen molar-refractivity contribution in [1.29, 1.82) is 0 Å². The number of allylic oxidation sites excluding steroid dienone is 1. The number of hydrogen-bond acceptors (Lipinski definition) is 3. The van der Waals surface area contributed by atoms with Crippen LogP contribution in [0, 0.1) is 0 Å². The first-order valence-electron chi connectivity index (χ1n) is 9.00. The second-order valence-corrected chi connectivity index (χ2v) is 26.1. The summed E-state index contributed by atoms with van der Waals surface area (Å²) in [5, 5.41) is 1.09. The zero-order valence-corrected chi connectivity index (χ0v) is 21.7. The quantitative estimate of drug-likeness (QED) is 0.533. The molecule has 3 nitrogen and oxygen atoms in total. The van der Waals surface area contributed by atoms with E-state index in [1.807, 2.05) is 6.92 Å². The highest BCUT2D eigenvalue weighted by atomic mass is 28.5. The average Bonchev–Trinajstić information content (AvgIpc) is 2.33. The molecule has 0 heterocycles. The van der Waals surface area contributed by atoms with Gasteiger partial charge in [0.15, 0.2) is 25.0 Å². The third-order valence-corrected chi connectivity index (χ3v) is 14.6. The van der Waals surface area contributed by atoms with Crippen molar-refractivity contribution in [2.24, 2.45) is 0 Å². The van der Waals surface area contributed by atoms with Crippen molar-refractivity contribution >= 4 is 45.0 Å². The molecule has 0 amide bonds. The third-order valence-electron chi connectivity index (χ3n) is 2.95. The summed E-state index contributed by atoms with van der Waals surface area (Å²) < 4.78 is 20.2. The van der Waals surface area contributed by atoms with Gasteiger partial charge in [0.05, 0.1) is 0 Å². The van der Waals surface area contributed by atoms with E-state index < -0.39 is 33.8 Å². The number of benzene rings is 1. The van der Waals surface area contributed by atoms with Gasteiger partial charge >= 0.3 is 8.80 Å². The summed E-state index contributed by atoms with van der Waals surface area (Å²) in [7, 11) is -8.55. The van der Waals surface area contributed by atoms with E-state index in [1.165, 1.54) is 5.56 Å². The predicted molar refractivity (Wildman–Crippen MR) is 120 cm³/mol. The molecule has 0 aromatic heterocycles. The molecule has 0 radical (unpaired) electrons. The highest BCUT2D eigenvalue weighted by Crippen LogP contribution is 2.25. The molecular formula is C18H36O3Si4. The van der Waals surface area contributed by atoms with Crippen molar-refractivity contribution < 1.29 is 12.3 Å².